The van der Waals surface area contributed by atoms with Crippen molar-refractivity contribution in [2.45, 2.75) is 6.92 Å². The van der Waals surface area contributed by atoms with Crippen LogP contribution >= 0.6 is 23.2 Å². The van der Waals surface area contributed by atoms with E-state index in [0.29, 0.717) is 15.7 Å². The summed E-state index contributed by atoms with van der Waals surface area (Å²) in [4.78, 5) is 16.2. The number of nitrogens with zero attached hydrogens (tertiary/aromatic N) is 1. The Kier molecular flexibility index (Phi) is 4.47. The van der Waals surface area contributed by atoms with E-state index in [2.05, 4.69) is 15.6 Å². The third kappa shape index (κ3) is 3.03. The van der Waals surface area contributed by atoms with Crippen molar-refractivity contribution in [2.75, 3.05) is 17.7 Å². The van der Waals surface area contributed by atoms with Crippen LogP contribution in [0.25, 0.3) is 0 Å². The van der Waals surface area contributed by atoms with E-state index in [4.69, 9.17) is 23.2 Å². The summed E-state index contributed by atoms with van der Waals surface area (Å²) in [5, 5.41) is 6.44. The van der Waals surface area contributed by atoms with Crippen molar-refractivity contribution in [2.24, 2.45) is 0 Å². The van der Waals surface area contributed by atoms with Gasteiger partial charge in [0.1, 0.15) is 5.69 Å². The van der Waals surface area contributed by atoms with E-state index in [1.165, 1.54) is 0 Å². The highest BCUT2D eigenvalue weighted by Crippen LogP contribution is 2.33. The molecule has 4 nitrogen and oxygen atoms in total. The van der Waals surface area contributed by atoms with E-state index in [-0.39, 0.29) is 11.6 Å². The standard InChI is InChI=1S/C14H13Cl2N3O/c1-8-3-5-10(15)13(12(8)16)19-14(20)11-6-4-9(17-2)7-18-11/h3-7,17H,1-2H3,(H,19,20). The third-order valence-corrected chi connectivity index (χ3v) is 3.61. The molecule has 1 heterocycles. The molecule has 0 aliphatic carbocycles. The summed E-state index contributed by atoms with van der Waals surface area (Å²) < 4.78 is 0. The molecule has 0 spiro atoms. The minimum Gasteiger partial charge on any atom is -0.387 e. The minimum atomic E-state index is -0.359. The van der Waals surface area contributed by atoms with E-state index in [9.17, 15) is 4.79 Å². The molecule has 1 amide bonds. The number of benzene rings is 1. The van der Waals surface area contributed by atoms with Crippen molar-refractivity contribution in [1.82, 2.24) is 4.98 Å². The van der Waals surface area contributed by atoms with Gasteiger partial charge in [-0.05, 0) is 30.7 Å². The van der Waals surface area contributed by atoms with Gasteiger partial charge in [0.15, 0.2) is 0 Å². The van der Waals surface area contributed by atoms with E-state index < -0.39 is 0 Å². The minimum absolute atomic E-state index is 0.289. The van der Waals surface area contributed by atoms with Gasteiger partial charge in [-0.2, -0.15) is 0 Å². The zero-order valence-electron chi connectivity index (χ0n) is 11.0. The topological polar surface area (TPSA) is 54.0 Å². The normalized spacial score (nSPS) is 10.2. The van der Waals surface area contributed by atoms with Gasteiger partial charge in [-0.3, -0.25) is 4.79 Å². The molecule has 1 aromatic heterocycles. The first-order chi connectivity index (χ1) is 9.52. The van der Waals surface area contributed by atoms with Crippen molar-refractivity contribution in [3.63, 3.8) is 0 Å². The number of hydrogen-bond donors (Lipinski definition) is 2. The van der Waals surface area contributed by atoms with Crippen LogP contribution in [-0.4, -0.2) is 17.9 Å². The zero-order valence-corrected chi connectivity index (χ0v) is 12.5. The molecular weight excluding hydrogens is 297 g/mol. The second kappa shape index (κ2) is 6.11. The molecule has 20 heavy (non-hydrogen) atoms. The number of nitrogens with one attached hydrogen (secondary N) is 2. The van der Waals surface area contributed by atoms with Gasteiger partial charge >= 0.3 is 0 Å². The molecule has 0 aliphatic rings. The maximum absolute atomic E-state index is 12.1. The first-order valence-corrected chi connectivity index (χ1v) is 6.68. The first-order valence-electron chi connectivity index (χ1n) is 5.92. The number of carbonyl (C=O) groups excluding carboxylic acids is 1. The molecule has 0 bridgehead atoms. The molecule has 2 rings (SSSR count). The number of rotatable bonds is 3. The van der Waals surface area contributed by atoms with Crippen molar-refractivity contribution >= 4 is 40.5 Å². The molecule has 0 aliphatic heterocycles. The van der Waals surface area contributed by atoms with Crippen LogP contribution in [0.3, 0.4) is 0 Å². The van der Waals surface area contributed by atoms with Crippen molar-refractivity contribution in [1.29, 1.82) is 0 Å². The summed E-state index contributed by atoms with van der Waals surface area (Å²) in [6, 6.07) is 6.87. The fourth-order valence-corrected chi connectivity index (χ4v) is 2.09. The van der Waals surface area contributed by atoms with Crippen LogP contribution in [0.5, 0.6) is 0 Å². The second-order valence-corrected chi connectivity index (χ2v) is 4.97. The smallest absolute Gasteiger partial charge is 0.274 e. The molecule has 0 saturated heterocycles. The molecule has 0 atom stereocenters. The van der Waals surface area contributed by atoms with Crippen LogP contribution in [-0.2, 0) is 0 Å². The van der Waals surface area contributed by atoms with E-state index >= 15 is 0 Å². The Balaban J connectivity index is 2.25. The van der Waals surface area contributed by atoms with Gasteiger partial charge in [-0.1, -0.05) is 29.3 Å². The Hall–Kier alpha value is -1.78. The Labute approximate surface area is 127 Å². The number of anilines is 2. The van der Waals surface area contributed by atoms with E-state index in [1.807, 2.05) is 6.92 Å². The summed E-state index contributed by atoms with van der Waals surface area (Å²) in [7, 11) is 1.78. The summed E-state index contributed by atoms with van der Waals surface area (Å²) in [5.41, 5.74) is 2.36. The average molecular weight is 310 g/mol. The number of amides is 1. The lowest BCUT2D eigenvalue weighted by Gasteiger charge is -2.11. The number of hydrogen-bond acceptors (Lipinski definition) is 3. The summed E-state index contributed by atoms with van der Waals surface area (Å²) in [5.74, 6) is -0.359. The average Bonchev–Trinajstić information content (AvgIpc) is 2.47. The molecule has 0 radical (unpaired) electrons. The molecule has 2 aromatic rings. The predicted octanol–water partition coefficient (Wildman–Crippen LogP) is 3.99. The molecule has 0 fully saturated rings. The maximum atomic E-state index is 12.1. The molecule has 1 aromatic carbocycles. The van der Waals surface area contributed by atoms with Gasteiger partial charge in [0, 0.05) is 7.05 Å². The van der Waals surface area contributed by atoms with Gasteiger partial charge < -0.3 is 10.6 Å². The second-order valence-electron chi connectivity index (χ2n) is 4.19. The van der Waals surface area contributed by atoms with E-state index in [1.54, 1.807) is 37.5 Å². The van der Waals surface area contributed by atoms with E-state index in [0.717, 1.165) is 11.3 Å². The Bertz CT molecular complexity index is 642. The summed E-state index contributed by atoms with van der Waals surface area (Å²) >= 11 is 12.2. The van der Waals surface area contributed by atoms with Crippen molar-refractivity contribution in [3.8, 4) is 0 Å². The fraction of sp³-hybridized carbons (Fsp3) is 0.143. The predicted molar refractivity (Wildman–Crippen MR) is 82.9 cm³/mol. The largest absolute Gasteiger partial charge is 0.387 e. The van der Waals surface area contributed by atoms with Crippen LogP contribution in [0.15, 0.2) is 30.5 Å². The highest BCUT2D eigenvalue weighted by Gasteiger charge is 2.14. The first kappa shape index (κ1) is 14.6. The molecule has 2 N–H and O–H groups in total. The van der Waals surface area contributed by atoms with Crippen LogP contribution in [0.1, 0.15) is 16.1 Å². The zero-order chi connectivity index (χ0) is 14.7. The number of carbonyl (C=O) groups is 1. The number of pyridine rings is 1. The van der Waals surface area contributed by atoms with Crippen LogP contribution < -0.4 is 10.6 Å². The summed E-state index contributed by atoms with van der Waals surface area (Å²) in [6.45, 7) is 1.84. The highest BCUT2D eigenvalue weighted by molar-refractivity contribution is 6.40. The van der Waals surface area contributed by atoms with Crippen molar-refractivity contribution in [3.05, 3.63) is 51.8 Å². The quantitative estimate of drug-likeness (QED) is 0.901. The van der Waals surface area contributed by atoms with Crippen LogP contribution in [0.2, 0.25) is 10.0 Å². The lowest BCUT2D eigenvalue weighted by atomic mass is 10.2. The number of aromatic nitrogens is 1. The summed E-state index contributed by atoms with van der Waals surface area (Å²) in [6.07, 6.45) is 1.58. The Morgan fingerprint density at radius 2 is 1.95 bits per heavy atom. The monoisotopic (exact) mass is 309 g/mol. The highest BCUT2D eigenvalue weighted by atomic mass is 35.5. The van der Waals surface area contributed by atoms with Gasteiger partial charge in [-0.25, -0.2) is 4.98 Å². The lowest BCUT2D eigenvalue weighted by Crippen LogP contribution is -2.14. The van der Waals surface area contributed by atoms with Gasteiger partial charge in [-0.15, -0.1) is 0 Å². The molecule has 104 valence electrons. The molecular formula is C14H13Cl2N3O. The SMILES string of the molecule is CNc1ccc(C(=O)Nc2c(Cl)ccc(C)c2Cl)nc1. The third-order valence-electron chi connectivity index (χ3n) is 2.81. The Morgan fingerprint density at radius 1 is 1.20 bits per heavy atom. The lowest BCUT2D eigenvalue weighted by molar-refractivity contribution is 0.102. The maximum Gasteiger partial charge on any atom is 0.274 e. The van der Waals surface area contributed by atoms with Crippen molar-refractivity contribution < 1.29 is 4.79 Å². The van der Waals surface area contributed by atoms with Crippen LogP contribution in [0, 0.1) is 6.92 Å². The van der Waals surface area contributed by atoms with Gasteiger partial charge in [0.05, 0.1) is 27.6 Å². The van der Waals surface area contributed by atoms with Gasteiger partial charge in [0.25, 0.3) is 5.91 Å². The Morgan fingerprint density at radius 3 is 2.55 bits per heavy atom. The molecule has 0 unspecified atom stereocenters. The molecule has 6 heteroatoms. The number of aryl methyl sites for hydroxylation is 1. The van der Waals surface area contributed by atoms with Crippen LogP contribution in [0.4, 0.5) is 11.4 Å². The fourth-order valence-electron chi connectivity index (χ4n) is 1.62. The number of halogens is 2. The molecule has 0 saturated carbocycles. The van der Waals surface area contributed by atoms with Gasteiger partial charge in [0.2, 0.25) is 0 Å².